The lowest BCUT2D eigenvalue weighted by molar-refractivity contribution is -0.151. The number of carbonyl (C=O) groups is 1. The number of aromatic nitrogens is 3. The zero-order valence-electron chi connectivity index (χ0n) is 9.13. The van der Waals surface area contributed by atoms with Crippen molar-refractivity contribution in [2.45, 2.75) is 44.8 Å². The Morgan fingerprint density at radius 2 is 2.25 bits per heavy atom. The SMILES string of the molecule is Nc1ncn(CC(=O)OC2CCCCC2)n1. The number of esters is 1. The van der Waals surface area contributed by atoms with Gasteiger partial charge in [-0.2, -0.15) is 0 Å². The lowest BCUT2D eigenvalue weighted by Gasteiger charge is -2.21. The lowest BCUT2D eigenvalue weighted by Crippen LogP contribution is -2.23. The van der Waals surface area contributed by atoms with Crippen LogP contribution >= 0.6 is 0 Å². The van der Waals surface area contributed by atoms with Gasteiger partial charge < -0.3 is 10.5 Å². The van der Waals surface area contributed by atoms with Gasteiger partial charge >= 0.3 is 5.97 Å². The van der Waals surface area contributed by atoms with Gasteiger partial charge in [0.25, 0.3) is 0 Å². The first-order chi connectivity index (χ1) is 7.74. The number of rotatable bonds is 3. The molecule has 16 heavy (non-hydrogen) atoms. The third kappa shape index (κ3) is 2.95. The summed E-state index contributed by atoms with van der Waals surface area (Å²) in [6.07, 6.45) is 7.01. The third-order valence-electron chi connectivity index (χ3n) is 2.70. The molecule has 0 aliphatic heterocycles. The van der Waals surface area contributed by atoms with Crippen LogP contribution in [0, 0.1) is 0 Å². The largest absolute Gasteiger partial charge is 0.461 e. The fraction of sp³-hybridized carbons (Fsp3) is 0.700. The molecule has 2 N–H and O–H groups in total. The van der Waals surface area contributed by atoms with E-state index in [2.05, 4.69) is 10.1 Å². The standard InChI is InChI=1S/C10H16N4O2/c11-10-12-7-14(13-10)6-9(15)16-8-4-2-1-3-5-8/h7-8H,1-6H2,(H2,11,13). The summed E-state index contributed by atoms with van der Waals surface area (Å²) in [6, 6.07) is 0. The lowest BCUT2D eigenvalue weighted by atomic mass is 9.98. The average molecular weight is 224 g/mol. The van der Waals surface area contributed by atoms with Crippen molar-refractivity contribution in [2.24, 2.45) is 0 Å². The highest BCUT2D eigenvalue weighted by molar-refractivity contribution is 5.69. The second-order valence-electron chi connectivity index (χ2n) is 4.05. The van der Waals surface area contributed by atoms with Crippen LogP contribution < -0.4 is 5.73 Å². The molecule has 1 saturated carbocycles. The molecular formula is C10H16N4O2. The van der Waals surface area contributed by atoms with Crippen LogP contribution in [0.1, 0.15) is 32.1 Å². The second-order valence-corrected chi connectivity index (χ2v) is 4.05. The van der Waals surface area contributed by atoms with Gasteiger partial charge in [-0.05, 0) is 25.7 Å². The zero-order chi connectivity index (χ0) is 11.4. The van der Waals surface area contributed by atoms with Crippen LogP contribution in [-0.4, -0.2) is 26.8 Å². The van der Waals surface area contributed by atoms with E-state index in [1.165, 1.54) is 17.4 Å². The molecule has 0 unspecified atom stereocenters. The summed E-state index contributed by atoms with van der Waals surface area (Å²) < 4.78 is 6.73. The van der Waals surface area contributed by atoms with E-state index < -0.39 is 0 Å². The molecule has 0 amide bonds. The molecule has 1 aromatic rings. The Hall–Kier alpha value is -1.59. The molecular weight excluding hydrogens is 208 g/mol. The van der Waals surface area contributed by atoms with E-state index in [1.54, 1.807) is 0 Å². The number of hydrogen-bond acceptors (Lipinski definition) is 5. The Balaban J connectivity index is 1.79. The van der Waals surface area contributed by atoms with Crippen LogP contribution in [0.4, 0.5) is 5.95 Å². The van der Waals surface area contributed by atoms with Crippen LogP contribution in [0.5, 0.6) is 0 Å². The van der Waals surface area contributed by atoms with E-state index in [-0.39, 0.29) is 24.6 Å². The highest BCUT2D eigenvalue weighted by Gasteiger charge is 2.17. The molecule has 0 aromatic carbocycles. The van der Waals surface area contributed by atoms with Gasteiger partial charge in [-0.15, -0.1) is 5.10 Å². The summed E-state index contributed by atoms with van der Waals surface area (Å²) in [7, 11) is 0. The predicted octanol–water partition coefficient (Wildman–Crippen LogP) is 0.736. The van der Waals surface area contributed by atoms with E-state index >= 15 is 0 Å². The number of nitrogen functional groups attached to an aromatic ring is 1. The first-order valence-electron chi connectivity index (χ1n) is 5.58. The summed E-state index contributed by atoms with van der Waals surface area (Å²) in [6.45, 7) is 0.0840. The molecule has 1 aliphatic rings. The molecule has 1 aliphatic carbocycles. The van der Waals surface area contributed by atoms with Crippen molar-refractivity contribution >= 4 is 11.9 Å². The van der Waals surface area contributed by atoms with Crippen LogP contribution in [0.25, 0.3) is 0 Å². The van der Waals surface area contributed by atoms with E-state index in [9.17, 15) is 4.79 Å². The van der Waals surface area contributed by atoms with E-state index in [0.29, 0.717) is 0 Å². The van der Waals surface area contributed by atoms with Crippen molar-refractivity contribution in [3.05, 3.63) is 6.33 Å². The molecule has 0 atom stereocenters. The number of carbonyl (C=O) groups excluding carboxylic acids is 1. The summed E-state index contributed by atoms with van der Waals surface area (Å²) in [5, 5.41) is 3.83. The van der Waals surface area contributed by atoms with Crippen LogP contribution in [0.2, 0.25) is 0 Å². The second kappa shape index (κ2) is 4.96. The van der Waals surface area contributed by atoms with Gasteiger partial charge in [-0.25, -0.2) is 9.67 Å². The number of nitrogens with two attached hydrogens (primary N) is 1. The monoisotopic (exact) mass is 224 g/mol. The smallest absolute Gasteiger partial charge is 0.328 e. The van der Waals surface area contributed by atoms with Crippen LogP contribution in [0.15, 0.2) is 6.33 Å². The van der Waals surface area contributed by atoms with Gasteiger partial charge in [0, 0.05) is 0 Å². The first kappa shape index (κ1) is 10.9. The van der Waals surface area contributed by atoms with Gasteiger partial charge in [0.15, 0.2) is 0 Å². The molecule has 0 radical (unpaired) electrons. The Kier molecular flexibility index (Phi) is 3.38. The van der Waals surface area contributed by atoms with E-state index in [0.717, 1.165) is 25.7 Å². The molecule has 0 spiro atoms. The maximum Gasteiger partial charge on any atom is 0.328 e. The Labute approximate surface area is 93.8 Å². The summed E-state index contributed by atoms with van der Waals surface area (Å²) in [5.74, 6) is -0.0951. The highest BCUT2D eigenvalue weighted by atomic mass is 16.5. The van der Waals surface area contributed by atoms with Crippen LogP contribution in [0.3, 0.4) is 0 Å². The number of anilines is 1. The maximum atomic E-state index is 11.5. The van der Waals surface area contributed by atoms with Crippen molar-refractivity contribution in [1.82, 2.24) is 14.8 Å². The Bertz CT molecular complexity index is 357. The summed E-state index contributed by atoms with van der Waals surface area (Å²) in [5.41, 5.74) is 5.34. The number of hydrogen-bond donors (Lipinski definition) is 1. The molecule has 6 nitrogen and oxygen atoms in total. The van der Waals surface area contributed by atoms with Crippen molar-refractivity contribution in [3.63, 3.8) is 0 Å². The predicted molar refractivity (Wildman–Crippen MR) is 57.4 cm³/mol. The zero-order valence-corrected chi connectivity index (χ0v) is 9.13. The minimum Gasteiger partial charge on any atom is -0.461 e. The summed E-state index contributed by atoms with van der Waals surface area (Å²) in [4.78, 5) is 15.3. The maximum absolute atomic E-state index is 11.5. The van der Waals surface area contributed by atoms with Crippen LogP contribution in [-0.2, 0) is 16.1 Å². The Morgan fingerprint density at radius 3 is 2.88 bits per heavy atom. The van der Waals surface area contributed by atoms with E-state index in [4.69, 9.17) is 10.5 Å². The minimum atomic E-state index is -0.267. The van der Waals surface area contributed by atoms with Crippen molar-refractivity contribution in [1.29, 1.82) is 0 Å². The molecule has 6 heteroatoms. The molecule has 88 valence electrons. The van der Waals surface area contributed by atoms with E-state index in [1.807, 2.05) is 0 Å². The van der Waals surface area contributed by atoms with Gasteiger partial charge in [-0.3, -0.25) is 4.79 Å². The molecule has 1 fully saturated rings. The molecule has 1 aromatic heterocycles. The van der Waals surface area contributed by atoms with Gasteiger partial charge in [-0.1, -0.05) is 6.42 Å². The quantitative estimate of drug-likeness (QED) is 0.765. The topological polar surface area (TPSA) is 83.0 Å². The van der Waals surface area contributed by atoms with Crippen molar-refractivity contribution in [3.8, 4) is 0 Å². The van der Waals surface area contributed by atoms with Gasteiger partial charge in [0.2, 0.25) is 5.95 Å². The molecule has 0 bridgehead atoms. The van der Waals surface area contributed by atoms with Crippen molar-refractivity contribution in [2.75, 3.05) is 5.73 Å². The minimum absolute atomic E-state index is 0.0840. The fourth-order valence-electron chi connectivity index (χ4n) is 1.92. The molecule has 0 saturated heterocycles. The fourth-order valence-corrected chi connectivity index (χ4v) is 1.92. The number of nitrogens with zero attached hydrogens (tertiary/aromatic N) is 3. The Morgan fingerprint density at radius 1 is 1.50 bits per heavy atom. The highest BCUT2D eigenvalue weighted by Crippen LogP contribution is 2.20. The average Bonchev–Trinajstić information content (AvgIpc) is 2.65. The summed E-state index contributed by atoms with van der Waals surface area (Å²) >= 11 is 0. The molecule has 2 rings (SSSR count). The van der Waals surface area contributed by atoms with Gasteiger partial charge in [0.1, 0.15) is 19.0 Å². The van der Waals surface area contributed by atoms with Crippen molar-refractivity contribution < 1.29 is 9.53 Å². The molecule has 1 heterocycles. The first-order valence-corrected chi connectivity index (χ1v) is 5.58. The van der Waals surface area contributed by atoms with Gasteiger partial charge in [0.05, 0.1) is 0 Å². The number of ether oxygens (including phenoxy) is 1. The normalized spacial score (nSPS) is 17.2. The third-order valence-corrected chi connectivity index (χ3v) is 2.70.